The van der Waals surface area contributed by atoms with Crippen molar-refractivity contribution in [2.45, 2.75) is 38.1 Å². The van der Waals surface area contributed by atoms with Crippen molar-refractivity contribution >= 4 is 23.7 Å². The number of rotatable bonds is 7. The number of carboxylic acid groups (broad SMARTS) is 1. The third kappa shape index (κ3) is 4.92. The van der Waals surface area contributed by atoms with Crippen LogP contribution in [-0.2, 0) is 9.59 Å². The number of carbonyl (C=O) groups excluding carboxylic acids is 1. The first-order valence-corrected chi connectivity index (χ1v) is 11.1. The molecule has 1 fully saturated rings. The first-order valence-electron chi connectivity index (χ1n) is 11.1. The summed E-state index contributed by atoms with van der Waals surface area (Å²) in [5.74, 6) is 0.333. The molecule has 7 heteroatoms. The molecule has 2 aromatic carbocycles. The highest BCUT2D eigenvalue weighted by atomic mass is 16.5. The molecule has 1 aliphatic carbocycles. The molecule has 2 aromatic rings. The van der Waals surface area contributed by atoms with Gasteiger partial charge in [-0.05, 0) is 66.3 Å². The van der Waals surface area contributed by atoms with Gasteiger partial charge in [0, 0.05) is 12.3 Å². The average molecular weight is 449 g/mol. The predicted molar refractivity (Wildman–Crippen MR) is 125 cm³/mol. The number of nitrogens with zero attached hydrogens (tertiary/aromatic N) is 2. The van der Waals surface area contributed by atoms with Crippen LogP contribution in [0.4, 0.5) is 0 Å². The maximum Gasteiger partial charge on any atom is 0.303 e. The molecule has 0 saturated heterocycles. The molecule has 1 heterocycles. The Balaban J connectivity index is 1.69. The van der Waals surface area contributed by atoms with Gasteiger partial charge in [0.25, 0.3) is 0 Å². The Labute approximate surface area is 193 Å². The Morgan fingerprint density at radius 3 is 2.27 bits per heavy atom. The molecule has 0 unspecified atom stereocenters. The monoisotopic (exact) mass is 448 g/mol. The van der Waals surface area contributed by atoms with Crippen LogP contribution < -0.4 is 9.47 Å². The summed E-state index contributed by atoms with van der Waals surface area (Å²) in [6.07, 6.45) is 4.63. The number of amides is 1. The van der Waals surface area contributed by atoms with E-state index in [2.05, 4.69) is 6.08 Å². The van der Waals surface area contributed by atoms with Crippen molar-refractivity contribution in [2.24, 2.45) is 11.0 Å². The summed E-state index contributed by atoms with van der Waals surface area (Å²) in [6, 6.07) is 15.3. The smallest absolute Gasteiger partial charge is 0.303 e. The molecule has 0 bridgehead atoms. The minimum atomic E-state index is -0.992. The number of ether oxygens (including phenoxy) is 2. The minimum absolute atomic E-state index is 0.0606. The van der Waals surface area contributed by atoms with Crippen molar-refractivity contribution in [1.82, 2.24) is 5.01 Å². The van der Waals surface area contributed by atoms with E-state index in [-0.39, 0.29) is 30.7 Å². The summed E-state index contributed by atoms with van der Waals surface area (Å²) in [5, 5.41) is 15.4. The van der Waals surface area contributed by atoms with Crippen LogP contribution in [-0.4, -0.2) is 41.9 Å². The number of fused-ring (bicyclic) bond motifs is 1. The fourth-order valence-corrected chi connectivity index (χ4v) is 4.57. The van der Waals surface area contributed by atoms with E-state index in [1.807, 2.05) is 48.5 Å². The van der Waals surface area contributed by atoms with E-state index in [0.29, 0.717) is 0 Å². The molecule has 33 heavy (non-hydrogen) atoms. The minimum Gasteiger partial charge on any atom is -0.497 e. The molecule has 1 saturated carbocycles. The Kier molecular flexibility index (Phi) is 6.77. The first kappa shape index (κ1) is 22.6. The van der Waals surface area contributed by atoms with Gasteiger partial charge in [-0.25, -0.2) is 5.01 Å². The number of allylic oxidation sites excluding steroid dienone is 1. The van der Waals surface area contributed by atoms with E-state index in [4.69, 9.17) is 19.7 Å². The number of hydrogen-bond acceptors (Lipinski definition) is 5. The quantitative estimate of drug-likeness (QED) is 0.664. The number of carboxylic acids is 1. The summed E-state index contributed by atoms with van der Waals surface area (Å²) in [5.41, 5.74) is 4.05. The van der Waals surface area contributed by atoms with Crippen LogP contribution in [0.15, 0.2) is 59.2 Å². The maximum atomic E-state index is 13.0. The predicted octanol–water partition coefficient (Wildman–Crippen LogP) is 4.69. The van der Waals surface area contributed by atoms with Crippen molar-refractivity contribution in [3.8, 4) is 11.5 Å². The summed E-state index contributed by atoms with van der Waals surface area (Å²) in [7, 11) is 3.26. The molecule has 172 valence electrons. The van der Waals surface area contributed by atoms with Gasteiger partial charge < -0.3 is 14.6 Å². The van der Waals surface area contributed by atoms with Crippen molar-refractivity contribution < 1.29 is 24.2 Å². The van der Waals surface area contributed by atoms with Crippen LogP contribution in [0.1, 0.15) is 49.3 Å². The second kappa shape index (κ2) is 9.90. The molecular formula is C26H28N2O5. The number of aliphatic carboxylic acids is 1. The lowest BCUT2D eigenvalue weighted by molar-refractivity contribution is -0.141. The van der Waals surface area contributed by atoms with Crippen molar-refractivity contribution in [3.05, 3.63) is 65.2 Å². The largest absolute Gasteiger partial charge is 0.497 e. The molecule has 7 nitrogen and oxygen atoms in total. The Morgan fingerprint density at radius 1 is 1.03 bits per heavy atom. The summed E-state index contributed by atoms with van der Waals surface area (Å²) in [6.45, 7) is 0. The maximum absolute atomic E-state index is 13.0. The first-order chi connectivity index (χ1) is 16.0. The fraction of sp³-hybridized carbons (Fsp3) is 0.346. The molecule has 1 amide bonds. The van der Waals surface area contributed by atoms with Crippen LogP contribution in [0.2, 0.25) is 0 Å². The highest BCUT2D eigenvalue weighted by Gasteiger charge is 2.43. The Bertz CT molecular complexity index is 1070. The summed E-state index contributed by atoms with van der Waals surface area (Å²) in [4.78, 5) is 24.1. The van der Waals surface area contributed by atoms with Crippen LogP contribution in [0.25, 0.3) is 6.08 Å². The fourth-order valence-electron chi connectivity index (χ4n) is 4.57. The van der Waals surface area contributed by atoms with E-state index in [0.717, 1.165) is 53.2 Å². The van der Waals surface area contributed by atoms with Crippen molar-refractivity contribution in [2.75, 3.05) is 14.2 Å². The lowest BCUT2D eigenvalue weighted by atomic mass is 9.77. The van der Waals surface area contributed by atoms with Gasteiger partial charge in [0.1, 0.15) is 11.5 Å². The Morgan fingerprint density at radius 2 is 1.67 bits per heavy atom. The van der Waals surface area contributed by atoms with Gasteiger partial charge in [0.2, 0.25) is 5.91 Å². The normalized spacial score (nSPS) is 20.8. The molecule has 0 radical (unpaired) electrons. The van der Waals surface area contributed by atoms with Gasteiger partial charge in [-0.2, -0.15) is 5.10 Å². The average Bonchev–Trinajstić information content (AvgIpc) is 3.24. The highest BCUT2D eigenvalue weighted by Crippen LogP contribution is 2.45. The molecule has 2 atom stereocenters. The lowest BCUT2D eigenvalue weighted by Crippen LogP contribution is -2.32. The van der Waals surface area contributed by atoms with Crippen LogP contribution in [0.3, 0.4) is 0 Å². The Hall–Kier alpha value is -3.61. The van der Waals surface area contributed by atoms with E-state index in [9.17, 15) is 9.59 Å². The standard InChI is InChI=1S/C26H28N2O5/c1-32-20-10-6-17(7-11-20)16-19-4-3-5-22-25(19)27-28(23(29)14-15-24(30)31)26(22)18-8-12-21(33-2)13-9-18/h6-13,16,22,26H,3-5,14-15H2,1-2H3,(H,30,31)/b19-16+/t22-,26+/m0/s1. The molecule has 2 aliphatic rings. The van der Waals surface area contributed by atoms with Gasteiger partial charge in [-0.1, -0.05) is 24.3 Å². The topological polar surface area (TPSA) is 88.4 Å². The van der Waals surface area contributed by atoms with Gasteiger partial charge in [0.05, 0.1) is 32.4 Å². The van der Waals surface area contributed by atoms with E-state index >= 15 is 0 Å². The second-order valence-corrected chi connectivity index (χ2v) is 8.28. The van der Waals surface area contributed by atoms with Gasteiger partial charge in [-0.15, -0.1) is 0 Å². The number of hydrogen-bond donors (Lipinski definition) is 1. The van der Waals surface area contributed by atoms with Crippen LogP contribution in [0, 0.1) is 5.92 Å². The third-order valence-electron chi connectivity index (χ3n) is 6.22. The molecule has 0 spiro atoms. The van der Waals surface area contributed by atoms with Gasteiger partial charge in [-0.3, -0.25) is 9.59 Å². The zero-order chi connectivity index (χ0) is 23.4. The third-order valence-corrected chi connectivity index (χ3v) is 6.22. The zero-order valence-electron chi connectivity index (χ0n) is 18.9. The molecule has 4 rings (SSSR count). The van der Waals surface area contributed by atoms with Crippen LogP contribution in [0.5, 0.6) is 11.5 Å². The van der Waals surface area contributed by atoms with Crippen molar-refractivity contribution in [3.63, 3.8) is 0 Å². The van der Waals surface area contributed by atoms with Gasteiger partial charge >= 0.3 is 5.97 Å². The molecular weight excluding hydrogens is 420 g/mol. The SMILES string of the molecule is COc1ccc(/C=C2\CCC[C@H]3C2=NN(C(=O)CCC(=O)O)[C@@H]3c2ccc(OC)cc2)cc1. The summed E-state index contributed by atoms with van der Waals surface area (Å²) >= 11 is 0. The van der Waals surface area contributed by atoms with E-state index in [1.165, 1.54) is 5.01 Å². The number of carbonyl (C=O) groups is 2. The van der Waals surface area contributed by atoms with Crippen molar-refractivity contribution in [1.29, 1.82) is 0 Å². The van der Waals surface area contributed by atoms with E-state index < -0.39 is 5.97 Å². The van der Waals surface area contributed by atoms with E-state index in [1.54, 1.807) is 14.2 Å². The second-order valence-electron chi connectivity index (χ2n) is 8.28. The highest BCUT2D eigenvalue weighted by molar-refractivity contribution is 6.08. The molecule has 1 N–H and O–H groups in total. The number of methoxy groups -OCH3 is 2. The zero-order valence-corrected chi connectivity index (χ0v) is 18.9. The van der Waals surface area contributed by atoms with Crippen LogP contribution >= 0.6 is 0 Å². The number of hydrazone groups is 1. The molecule has 0 aromatic heterocycles. The molecule has 1 aliphatic heterocycles. The lowest BCUT2D eigenvalue weighted by Gasteiger charge is -2.29. The van der Waals surface area contributed by atoms with Gasteiger partial charge in [0.15, 0.2) is 0 Å². The number of benzene rings is 2. The summed E-state index contributed by atoms with van der Waals surface area (Å²) < 4.78 is 10.5.